The van der Waals surface area contributed by atoms with Crippen molar-refractivity contribution in [3.8, 4) is 10.6 Å². The Kier molecular flexibility index (Phi) is 5.27. The van der Waals surface area contributed by atoms with Crippen LogP contribution in [0.5, 0.6) is 0 Å². The van der Waals surface area contributed by atoms with Gasteiger partial charge in [-0.3, -0.25) is 14.8 Å². The third-order valence-corrected chi connectivity index (χ3v) is 6.16. The van der Waals surface area contributed by atoms with Gasteiger partial charge in [0, 0.05) is 61.9 Å². The van der Waals surface area contributed by atoms with Crippen LogP contribution in [-0.2, 0) is 0 Å². The van der Waals surface area contributed by atoms with Gasteiger partial charge in [-0.2, -0.15) is 0 Å². The van der Waals surface area contributed by atoms with Crippen molar-refractivity contribution in [1.29, 1.82) is 0 Å². The number of amides is 1. The standard InChI is InChI=1S/C22H21N7OS/c1-28-4-6-29(7-5-28)21-10-15(2-3-24-21)22(30)27-20-9-16-8-18(19-13-23-14-31-19)25-11-17(16)12-26-20/h2-3,8-14H,4-7H2,1H3,(H,26,27,30). The molecule has 1 amide bonds. The van der Waals surface area contributed by atoms with E-state index in [1.54, 1.807) is 36.4 Å². The largest absolute Gasteiger partial charge is 0.354 e. The number of anilines is 2. The summed E-state index contributed by atoms with van der Waals surface area (Å²) in [4.78, 5) is 35.8. The Morgan fingerprint density at radius 3 is 2.65 bits per heavy atom. The SMILES string of the molecule is CN1CCN(c2cc(C(=O)Nc3cc4cc(-c5cncs5)ncc4cn3)ccn2)CC1. The summed E-state index contributed by atoms with van der Waals surface area (Å²) in [5.74, 6) is 1.12. The molecule has 31 heavy (non-hydrogen) atoms. The minimum Gasteiger partial charge on any atom is -0.354 e. The molecule has 1 fully saturated rings. The summed E-state index contributed by atoms with van der Waals surface area (Å²) in [5, 5.41) is 4.77. The lowest BCUT2D eigenvalue weighted by atomic mass is 10.2. The van der Waals surface area contributed by atoms with Gasteiger partial charge in [0.15, 0.2) is 0 Å². The van der Waals surface area contributed by atoms with Crippen LogP contribution in [0.1, 0.15) is 10.4 Å². The summed E-state index contributed by atoms with van der Waals surface area (Å²) in [7, 11) is 2.11. The van der Waals surface area contributed by atoms with Gasteiger partial charge in [-0.1, -0.05) is 0 Å². The zero-order valence-corrected chi connectivity index (χ0v) is 17.8. The third kappa shape index (κ3) is 4.23. The average molecular weight is 432 g/mol. The Labute approximate surface area is 183 Å². The molecule has 0 atom stereocenters. The molecule has 0 bridgehead atoms. The number of thiazole rings is 1. The molecular weight excluding hydrogens is 410 g/mol. The lowest BCUT2D eigenvalue weighted by molar-refractivity contribution is 0.102. The maximum atomic E-state index is 12.9. The highest BCUT2D eigenvalue weighted by Gasteiger charge is 2.17. The van der Waals surface area contributed by atoms with E-state index in [9.17, 15) is 4.79 Å². The number of carbonyl (C=O) groups excluding carboxylic acids is 1. The van der Waals surface area contributed by atoms with Crippen molar-refractivity contribution in [3.63, 3.8) is 0 Å². The molecule has 0 saturated carbocycles. The normalized spacial score (nSPS) is 14.7. The molecule has 0 aromatic carbocycles. The summed E-state index contributed by atoms with van der Waals surface area (Å²) in [5.41, 5.74) is 3.19. The highest BCUT2D eigenvalue weighted by Crippen LogP contribution is 2.25. The highest BCUT2D eigenvalue weighted by atomic mass is 32.1. The molecule has 8 nitrogen and oxygen atoms in total. The predicted octanol–water partition coefficient (Wildman–Crippen LogP) is 3.15. The molecule has 4 aromatic rings. The molecule has 9 heteroatoms. The second kappa shape index (κ2) is 8.37. The van der Waals surface area contributed by atoms with Crippen molar-refractivity contribution in [2.75, 3.05) is 43.4 Å². The number of likely N-dealkylation sites (N-methyl/N-ethyl adjacent to an activating group) is 1. The van der Waals surface area contributed by atoms with Crippen molar-refractivity contribution < 1.29 is 4.79 Å². The maximum absolute atomic E-state index is 12.9. The van der Waals surface area contributed by atoms with E-state index in [1.165, 1.54) is 11.3 Å². The van der Waals surface area contributed by atoms with E-state index in [0.29, 0.717) is 11.4 Å². The van der Waals surface area contributed by atoms with Crippen molar-refractivity contribution in [2.24, 2.45) is 0 Å². The fourth-order valence-electron chi connectivity index (χ4n) is 3.54. The first kappa shape index (κ1) is 19.5. The van der Waals surface area contributed by atoms with Crippen molar-refractivity contribution in [3.05, 3.63) is 60.1 Å². The van der Waals surface area contributed by atoms with Crippen LogP contribution < -0.4 is 10.2 Å². The molecule has 0 unspecified atom stereocenters. The van der Waals surface area contributed by atoms with Crippen molar-refractivity contribution >= 4 is 39.7 Å². The number of fused-ring (bicyclic) bond motifs is 1. The molecule has 5 heterocycles. The van der Waals surface area contributed by atoms with Crippen LogP contribution in [0.4, 0.5) is 11.6 Å². The van der Waals surface area contributed by atoms with E-state index in [0.717, 1.165) is 53.3 Å². The fraction of sp³-hybridized carbons (Fsp3) is 0.227. The van der Waals surface area contributed by atoms with Gasteiger partial charge in [0.2, 0.25) is 0 Å². The molecule has 1 aliphatic rings. The lowest BCUT2D eigenvalue weighted by Gasteiger charge is -2.33. The lowest BCUT2D eigenvalue weighted by Crippen LogP contribution is -2.44. The summed E-state index contributed by atoms with van der Waals surface area (Å²) in [6, 6.07) is 7.41. The number of rotatable bonds is 4. The second-order valence-electron chi connectivity index (χ2n) is 7.50. The monoisotopic (exact) mass is 431 g/mol. The average Bonchev–Trinajstić information content (AvgIpc) is 3.34. The van der Waals surface area contributed by atoms with E-state index in [1.807, 2.05) is 18.2 Å². The zero-order chi connectivity index (χ0) is 21.2. The minimum atomic E-state index is -0.207. The van der Waals surface area contributed by atoms with Gasteiger partial charge in [-0.25, -0.2) is 9.97 Å². The third-order valence-electron chi connectivity index (χ3n) is 5.36. The highest BCUT2D eigenvalue weighted by molar-refractivity contribution is 7.13. The molecule has 156 valence electrons. The molecule has 1 aliphatic heterocycles. The molecule has 4 aromatic heterocycles. The summed E-state index contributed by atoms with van der Waals surface area (Å²) in [6.07, 6.45) is 6.98. The summed E-state index contributed by atoms with van der Waals surface area (Å²) >= 11 is 1.54. The van der Waals surface area contributed by atoms with Crippen LogP contribution >= 0.6 is 11.3 Å². The minimum absolute atomic E-state index is 0.207. The summed E-state index contributed by atoms with van der Waals surface area (Å²) < 4.78 is 0. The van der Waals surface area contributed by atoms with Gasteiger partial charge in [-0.15, -0.1) is 11.3 Å². The molecular formula is C22H21N7OS. The van der Waals surface area contributed by atoms with E-state index in [2.05, 4.69) is 42.1 Å². The number of piperazine rings is 1. The number of hydrogen-bond donors (Lipinski definition) is 1. The Balaban J connectivity index is 1.35. The van der Waals surface area contributed by atoms with Crippen LogP contribution in [0.3, 0.4) is 0 Å². The number of hydrogen-bond acceptors (Lipinski definition) is 8. The van der Waals surface area contributed by atoms with Gasteiger partial charge in [0.25, 0.3) is 5.91 Å². The second-order valence-corrected chi connectivity index (χ2v) is 8.39. The zero-order valence-electron chi connectivity index (χ0n) is 17.0. The van der Waals surface area contributed by atoms with Crippen LogP contribution in [0.15, 0.2) is 54.6 Å². The van der Waals surface area contributed by atoms with E-state index >= 15 is 0 Å². The molecule has 1 N–H and O–H groups in total. The molecule has 0 aliphatic carbocycles. The van der Waals surface area contributed by atoms with E-state index < -0.39 is 0 Å². The maximum Gasteiger partial charge on any atom is 0.257 e. The number of aromatic nitrogens is 4. The van der Waals surface area contributed by atoms with E-state index in [-0.39, 0.29) is 5.91 Å². The predicted molar refractivity (Wildman–Crippen MR) is 123 cm³/mol. The number of carbonyl (C=O) groups is 1. The van der Waals surface area contributed by atoms with Crippen molar-refractivity contribution in [2.45, 2.75) is 0 Å². The molecule has 1 saturated heterocycles. The Hall–Kier alpha value is -3.43. The van der Waals surface area contributed by atoms with Gasteiger partial charge in [-0.05, 0) is 36.7 Å². The van der Waals surface area contributed by atoms with Crippen LogP contribution in [-0.4, -0.2) is 64.0 Å². The first-order valence-corrected chi connectivity index (χ1v) is 10.9. The fourth-order valence-corrected chi connectivity index (χ4v) is 4.13. The number of nitrogens with one attached hydrogen (secondary N) is 1. The topological polar surface area (TPSA) is 87.1 Å². The van der Waals surface area contributed by atoms with E-state index in [4.69, 9.17) is 0 Å². The van der Waals surface area contributed by atoms with Crippen LogP contribution in [0.25, 0.3) is 21.3 Å². The van der Waals surface area contributed by atoms with Crippen molar-refractivity contribution in [1.82, 2.24) is 24.8 Å². The first-order chi connectivity index (χ1) is 15.2. The number of pyridine rings is 3. The Bertz CT molecular complexity index is 1220. The smallest absolute Gasteiger partial charge is 0.257 e. The quantitative estimate of drug-likeness (QED) is 0.531. The Morgan fingerprint density at radius 1 is 1.00 bits per heavy atom. The van der Waals surface area contributed by atoms with Gasteiger partial charge < -0.3 is 15.1 Å². The summed E-state index contributed by atoms with van der Waals surface area (Å²) in [6.45, 7) is 3.77. The van der Waals surface area contributed by atoms with Crippen LogP contribution in [0.2, 0.25) is 0 Å². The first-order valence-electron chi connectivity index (χ1n) is 10.0. The van der Waals surface area contributed by atoms with Crippen LogP contribution in [0, 0.1) is 0 Å². The number of nitrogens with zero attached hydrogens (tertiary/aromatic N) is 6. The molecule has 0 radical (unpaired) electrons. The van der Waals surface area contributed by atoms with Gasteiger partial charge in [0.05, 0.1) is 16.1 Å². The van der Waals surface area contributed by atoms with Gasteiger partial charge in [0.1, 0.15) is 11.6 Å². The molecule has 5 rings (SSSR count). The molecule has 0 spiro atoms. The van der Waals surface area contributed by atoms with Gasteiger partial charge >= 0.3 is 0 Å². The Morgan fingerprint density at radius 2 is 1.84 bits per heavy atom.